The number of ether oxygens (including phenoxy) is 2. The first-order chi connectivity index (χ1) is 20.2. The summed E-state index contributed by atoms with van der Waals surface area (Å²) in [5, 5.41) is 6.62. The zero-order valence-corrected chi connectivity index (χ0v) is 24.2. The molecule has 3 aromatic carbocycles. The summed E-state index contributed by atoms with van der Waals surface area (Å²) in [5.41, 5.74) is 3.15. The molecule has 0 bridgehead atoms. The number of nitrogens with one attached hydrogen (secondary N) is 2. The van der Waals surface area contributed by atoms with Crippen LogP contribution in [-0.4, -0.2) is 45.0 Å². The average molecular weight is 611 g/mol. The van der Waals surface area contributed by atoms with Gasteiger partial charge in [0.05, 0.1) is 37.6 Å². The van der Waals surface area contributed by atoms with E-state index in [-0.39, 0.29) is 29.4 Å². The molecule has 0 spiro atoms. The van der Waals surface area contributed by atoms with Crippen molar-refractivity contribution in [2.45, 2.75) is 18.0 Å². The van der Waals surface area contributed by atoms with Crippen LogP contribution in [0.2, 0.25) is 5.02 Å². The van der Waals surface area contributed by atoms with Crippen LogP contribution in [0.4, 0.5) is 5.69 Å². The molecule has 2 N–H and O–H groups in total. The van der Waals surface area contributed by atoms with Crippen molar-refractivity contribution in [3.8, 4) is 11.5 Å². The molecule has 0 atom stereocenters. The second kappa shape index (κ2) is 13.8. The lowest BCUT2D eigenvalue weighted by Crippen LogP contribution is -2.32. The number of carbonyl (C=O) groups is 2. The number of hydrazone groups is 1. The van der Waals surface area contributed by atoms with Crippen LogP contribution in [-0.2, 0) is 32.7 Å². The Morgan fingerprint density at radius 3 is 2.36 bits per heavy atom. The highest BCUT2D eigenvalue weighted by atomic mass is 35.5. The summed E-state index contributed by atoms with van der Waals surface area (Å²) in [6.07, 6.45) is 1.19. The normalized spacial score (nSPS) is 11.4. The van der Waals surface area contributed by atoms with Crippen LogP contribution in [0.15, 0.2) is 99.3 Å². The highest BCUT2D eigenvalue weighted by Crippen LogP contribution is 2.29. The molecule has 0 fully saturated rings. The number of nitrogens with zero attached hydrogens (tertiary/aromatic N) is 2. The standard InChI is InChI=1S/C29H27ClN4O7S/c1-39-22-12-15-27(40-2)26(16-22)32-28(35)29(36)33-31-17-23-10-11-24(41-23)19-34(18-20-6-4-3-5-7-20)42(37,38)25-13-8-21(30)9-14-25/h3-17H,18-19H2,1-2H3,(H,32,35)(H,33,36)/b31-17+. The molecule has 4 rings (SSSR count). The van der Waals surface area contributed by atoms with Gasteiger partial charge in [0, 0.05) is 17.6 Å². The summed E-state index contributed by atoms with van der Waals surface area (Å²) < 4.78 is 44.3. The smallest absolute Gasteiger partial charge is 0.329 e. The van der Waals surface area contributed by atoms with E-state index in [1.54, 1.807) is 24.3 Å². The number of carbonyl (C=O) groups excluding carboxylic acids is 2. The molecule has 4 aromatic rings. The van der Waals surface area contributed by atoms with Crippen LogP contribution in [0.3, 0.4) is 0 Å². The fourth-order valence-corrected chi connectivity index (χ4v) is 5.31. The fraction of sp³-hybridized carbons (Fsp3) is 0.138. The predicted molar refractivity (Wildman–Crippen MR) is 157 cm³/mol. The Balaban J connectivity index is 1.43. The minimum absolute atomic E-state index is 0.0785. The van der Waals surface area contributed by atoms with Crippen LogP contribution in [0.25, 0.3) is 0 Å². The first kappa shape index (κ1) is 30.3. The Morgan fingerprint density at radius 1 is 0.929 bits per heavy atom. The van der Waals surface area contributed by atoms with Crippen molar-refractivity contribution in [3.63, 3.8) is 0 Å². The molecule has 0 radical (unpaired) electrons. The van der Waals surface area contributed by atoms with Gasteiger partial charge in [0.1, 0.15) is 23.0 Å². The van der Waals surface area contributed by atoms with E-state index in [0.717, 1.165) is 5.56 Å². The highest BCUT2D eigenvalue weighted by Gasteiger charge is 2.26. The third-order valence-electron chi connectivity index (χ3n) is 5.89. The quantitative estimate of drug-likeness (QED) is 0.145. The Bertz CT molecular complexity index is 1670. The molecule has 13 heteroatoms. The van der Waals surface area contributed by atoms with Crippen molar-refractivity contribution in [1.29, 1.82) is 0 Å². The van der Waals surface area contributed by atoms with E-state index in [0.29, 0.717) is 22.3 Å². The first-order valence-corrected chi connectivity index (χ1v) is 14.3. The number of furan rings is 1. The Kier molecular flexibility index (Phi) is 9.97. The number of anilines is 1. The molecule has 1 aromatic heterocycles. The van der Waals surface area contributed by atoms with Crippen LogP contribution in [0.1, 0.15) is 17.1 Å². The topological polar surface area (TPSA) is 140 Å². The molecule has 0 saturated carbocycles. The van der Waals surface area contributed by atoms with E-state index in [1.807, 2.05) is 30.3 Å². The van der Waals surface area contributed by atoms with Crippen LogP contribution in [0.5, 0.6) is 11.5 Å². The molecule has 0 unspecified atom stereocenters. The minimum atomic E-state index is -3.92. The van der Waals surface area contributed by atoms with E-state index in [4.69, 9.17) is 25.5 Å². The molecule has 218 valence electrons. The second-order valence-corrected chi connectivity index (χ2v) is 11.1. The molecule has 0 aliphatic carbocycles. The van der Waals surface area contributed by atoms with Crippen molar-refractivity contribution in [2.24, 2.45) is 5.10 Å². The number of methoxy groups -OCH3 is 2. The summed E-state index contributed by atoms with van der Waals surface area (Å²) in [7, 11) is -1.02. The highest BCUT2D eigenvalue weighted by molar-refractivity contribution is 7.89. The number of hydrogen-bond acceptors (Lipinski definition) is 8. The van der Waals surface area contributed by atoms with Gasteiger partial charge in [-0.05, 0) is 54.1 Å². The lowest BCUT2D eigenvalue weighted by Gasteiger charge is -2.21. The van der Waals surface area contributed by atoms with Crippen molar-refractivity contribution < 1.29 is 31.9 Å². The van der Waals surface area contributed by atoms with E-state index in [9.17, 15) is 18.0 Å². The number of sulfonamides is 1. The number of benzene rings is 3. The molecule has 0 aliphatic rings. The van der Waals surface area contributed by atoms with Crippen molar-refractivity contribution in [2.75, 3.05) is 19.5 Å². The molecule has 0 saturated heterocycles. The van der Waals surface area contributed by atoms with Gasteiger partial charge in [-0.2, -0.15) is 9.41 Å². The zero-order valence-electron chi connectivity index (χ0n) is 22.6. The van der Waals surface area contributed by atoms with Gasteiger partial charge >= 0.3 is 11.8 Å². The van der Waals surface area contributed by atoms with Gasteiger partial charge in [-0.25, -0.2) is 13.8 Å². The summed E-state index contributed by atoms with van der Waals surface area (Å²) in [5.74, 6) is -0.666. The predicted octanol–water partition coefficient (Wildman–Crippen LogP) is 4.43. The number of hydrogen-bond donors (Lipinski definition) is 2. The van der Waals surface area contributed by atoms with Gasteiger partial charge in [-0.1, -0.05) is 41.9 Å². The van der Waals surface area contributed by atoms with Gasteiger partial charge in [0.15, 0.2) is 0 Å². The Morgan fingerprint density at radius 2 is 1.67 bits per heavy atom. The van der Waals surface area contributed by atoms with Crippen molar-refractivity contribution in [3.05, 3.63) is 107 Å². The lowest BCUT2D eigenvalue weighted by molar-refractivity contribution is -0.136. The maximum absolute atomic E-state index is 13.5. The van der Waals surface area contributed by atoms with Crippen LogP contribution in [0, 0.1) is 0 Å². The van der Waals surface area contributed by atoms with E-state index in [1.165, 1.54) is 55.1 Å². The van der Waals surface area contributed by atoms with E-state index >= 15 is 0 Å². The van der Waals surface area contributed by atoms with E-state index < -0.39 is 21.8 Å². The van der Waals surface area contributed by atoms with Crippen LogP contribution < -0.4 is 20.2 Å². The maximum Gasteiger partial charge on any atom is 0.329 e. The molecule has 0 aliphatic heterocycles. The lowest BCUT2D eigenvalue weighted by atomic mass is 10.2. The average Bonchev–Trinajstić information content (AvgIpc) is 3.44. The Labute approximate surface area is 247 Å². The van der Waals surface area contributed by atoms with Crippen LogP contribution >= 0.6 is 11.6 Å². The summed E-state index contributed by atoms with van der Waals surface area (Å²) in [6, 6.07) is 22.9. The summed E-state index contributed by atoms with van der Waals surface area (Å²) in [4.78, 5) is 24.7. The Hall–Kier alpha value is -4.65. The van der Waals surface area contributed by atoms with Crippen molar-refractivity contribution in [1.82, 2.24) is 9.73 Å². The molecule has 1 heterocycles. The maximum atomic E-state index is 13.5. The van der Waals surface area contributed by atoms with E-state index in [2.05, 4.69) is 15.8 Å². The van der Waals surface area contributed by atoms with Gasteiger partial charge < -0.3 is 19.2 Å². The molecule has 42 heavy (non-hydrogen) atoms. The largest absolute Gasteiger partial charge is 0.497 e. The van der Waals surface area contributed by atoms with Crippen molar-refractivity contribution >= 4 is 45.3 Å². The molecule has 2 amide bonds. The minimum Gasteiger partial charge on any atom is -0.497 e. The first-order valence-electron chi connectivity index (χ1n) is 12.4. The zero-order chi connectivity index (χ0) is 30.1. The number of amides is 2. The van der Waals surface area contributed by atoms with Gasteiger partial charge in [0.2, 0.25) is 10.0 Å². The third-order valence-corrected chi connectivity index (χ3v) is 7.94. The second-order valence-electron chi connectivity index (χ2n) is 8.74. The number of rotatable bonds is 11. The molecule has 11 nitrogen and oxygen atoms in total. The van der Waals surface area contributed by atoms with Gasteiger partial charge in [-0.15, -0.1) is 0 Å². The summed E-state index contributed by atoms with van der Waals surface area (Å²) in [6.45, 7) is 0.0179. The monoisotopic (exact) mass is 610 g/mol. The number of halogens is 1. The van der Waals surface area contributed by atoms with Gasteiger partial charge in [-0.3, -0.25) is 9.59 Å². The fourth-order valence-electron chi connectivity index (χ4n) is 3.79. The molecular formula is C29H27ClN4O7S. The summed E-state index contributed by atoms with van der Waals surface area (Å²) >= 11 is 5.95. The van der Waals surface area contributed by atoms with Gasteiger partial charge in [0.25, 0.3) is 0 Å². The third kappa shape index (κ3) is 7.75. The SMILES string of the molecule is COc1ccc(OC)c(NC(=O)C(=O)N/N=C/c2ccc(CN(Cc3ccccc3)S(=O)(=O)c3ccc(Cl)cc3)o2)c1. The molecular weight excluding hydrogens is 584 g/mol.